The number of piperazine rings is 1. The lowest BCUT2D eigenvalue weighted by Gasteiger charge is -2.30. The van der Waals surface area contributed by atoms with E-state index in [-0.39, 0.29) is 27.5 Å². The predicted octanol–water partition coefficient (Wildman–Crippen LogP) is 2.55. The summed E-state index contributed by atoms with van der Waals surface area (Å²) in [6.45, 7) is 2.36. The molecule has 0 unspecified atom stereocenters. The lowest BCUT2D eigenvalue weighted by molar-refractivity contribution is 0.542. The third kappa shape index (κ3) is 2.49. The second-order valence-electron chi connectivity index (χ2n) is 6.79. The molecule has 1 aliphatic rings. The summed E-state index contributed by atoms with van der Waals surface area (Å²) in [5.74, 6) is -1.36. The number of fused-ring (bicyclic) bond motifs is 3. The van der Waals surface area contributed by atoms with Crippen molar-refractivity contribution in [2.45, 2.75) is 0 Å². The maximum atomic E-state index is 15.2. The van der Waals surface area contributed by atoms with Crippen molar-refractivity contribution < 1.29 is 8.78 Å². The lowest BCUT2D eigenvalue weighted by atomic mass is 10.1. The Morgan fingerprint density at radius 3 is 2.54 bits per heavy atom. The van der Waals surface area contributed by atoms with E-state index in [0.717, 1.165) is 0 Å². The molecule has 1 fully saturated rings. The minimum absolute atomic E-state index is 0.0453. The number of hydrogen-bond acceptors (Lipinski definition) is 4. The van der Waals surface area contributed by atoms with Crippen LogP contribution in [0.25, 0.3) is 27.5 Å². The van der Waals surface area contributed by atoms with Crippen LogP contribution in [0, 0.1) is 11.6 Å². The molecule has 0 amide bonds. The molecule has 142 valence electrons. The van der Waals surface area contributed by atoms with Gasteiger partial charge in [-0.3, -0.25) is 14.9 Å². The van der Waals surface area contributed by atoms with Crippen LogP contribution in [0.1, 0.15) is 0 Å². The Morgan fingerprint density at radius 2 is 1.79 bits per heavy atom. The summed E-state index contributed by atoms with van der Waals surface area (Å²) >= 11 is 0. The van der Waals surface area contributed by atoms with Gasteiger partial charge < -0.3 is 10.2 Å². The van der Waals surface area contributed by atoms with Gasteiger partial charge in [-0.15, -0.1) is 0 Å². The van der Waals surface area contributed by atoms with Crippen molar-refractivity contribution in [1.29, 1.82) is 0 Å². The summed E-state index contributed by atoms with van der Waals surface area (Å²) in [4.78, 5) is 18.6. The first kappa shape index (κ1) is 16.9. The molecule has 28 heavy (non-hydrogen) atoms. The molecule has 0 atom stereocenters. The van der Waals surface area contributed by atoms with E-state index in [1.54, 1.807) is 17.0 Å². The highest BCUT2D eigenvalue weighted by molar-refractivity contribution is 6.04. The average Bonchev–Trinajstić information content (AvgIpc) is 3.07. The molecule has 3 heterocycles. The van der Waals surface area contributed by atoms with E-state index in [0.29, 0.717) is 37.4 Å². The van der Waals surface area contributed by atoms with Crippen molar-refractivity contribution in [1.82, 2.24) is 20.1 Å². The van der Waals surface area contributed by atoms with Crippen LogP contribution in [0.5, 0.6) is 0 Å². The van der Waals surface area contributed by atoms with Gasteiger partial charge in [-0.05, 0) is 18.2 Å². The topological polar surface area (TPSA) is 66.0 Å². The lowest BCUT2D eigenvalue weighted by Crippen LogP contribution is -2.44. The zero-order valence-corrected chi connectivity index (χ0v) is 14.9. The molecular formula is C20H17F2N5O. The summed E-state index contributed by atoms with van der Waals surface area (Å²) in [7, 11) is 0. The number of anilines is 1. The molecule has 6 nitrogen and oxygen atoms in total. The van der Waals surface area contributed by atoms with Gasteiger partial charge in [-0.2, -0.15) is 0 Å². The summed E-state index contributed by atoms with van der Waals surface area (Å²) in [5.41, 5.74) is 0.663. The van der Waals surface area contributed by atoms with Crippen molar-refractivity contribution in [2.24, 2.45) is 0 Å². The van der Waals surface area contributed by atoms with Crippen molar-refractivity contribution >= 4 is 27.5 Å². The Labute approximate surface area is 158 Å². The van der Waals surface area contributed by atoms with Crippen LogP contribution in [0.3, 0.4) is 0 Å². The molecule has 1 saturated heterocycles. The normalized spacial score (nSPS) is 14.9. The molecule has 0 saturated carbocycles. The monoisotopic (exact) mass is 381 g/mol. The van der Waals surface area contributed by atoms with Gasteiger partial charge in [-0.25, -0.2) is 13.5 Å². The van der Waals surface area contributed by atoms with E-state index < -0.39 is 11.6 Å². The first-order valence-electron chi connectivity index (χ1n) is 9.07. The van der Waals surface area contributed by atoms with E-state index in [4.69, 9.17) is 0 Å². The smallest absolute Gasteiger partial charge is 0.280 e. The van der Waals surface area contributed by atoms with Gasteiger partial charge >= 0.3 is 0 Å². The van der Waals surface area contributed by atoms with Gasteiger partial charge in [0.1, 0.15) is 17.0 Å². The van der Waals surface area contributed by atoms with E-state index in [2.05, 4.69) is 15.4 Å². The zero-order valence-electron chi connectivity index (χ0n) is 14.9. The number of benzene rings is 2. The highest BCUT2D eigenvalue weighted by Crippen LogP contribution is 2.32. The molecule has 5 rings (SSSR count). The Kier molecular flexibility index (Phi) is 3.87. The number of para-hydroxylation sites is 1. The number of rotatable bonds is 2. The van der Waals surface area contributed by atoms with Crippen LogP contribution in [-0.4, -0.2) is 40.9 Å². The summed E-state index contributed by atoms with van der Waals surface area (Å²) < 4.78 is 31.5. The number of hydrogen-bond donors (Lipinski definition) is 2. The van der Waals surface area contributed by atoms with Crippen molar-refractivity contribution in [3.8, 4) is 5.69 Å². The average molecular weight is 381 g/mol. The van der Waals surface area contributed by atoms with E-state index in [1.807, 2.05) is 18.2 Å². The molecule has 1 aliphatic heterocycles. The minimum Gasteiger partial charge on any atom is -0.364 e. The van der Waals surface area contributed by atoms with Gasteiger partial charge in [0.05, 0.1) is 16.6 Å². The standard InChI is InChI=1S/C20H17F2N5O/c21-15-10-13-17-14(20(28)27(25-17)12-4-2-1-3-5-12)11-24-18(13)16(22)19(15)26-8-6-23-7-9-26/h1-5,10-11,23,25H,6-9H2. The molecule has 0 aliphatic carbocycles. The number of nitrogens with one attached hydrogen (secondary N) is 2. The van der Waals surface area contributed by atoms with Crippen LogP contribution >= 0.6 is 0 Å². The highest BCUT2D eigenvalue weighted by Gasteiger charge is 2.24. The highest BCUT2D eigenvalue weighted by atomic mass is 19.1. The fourth-order valence-corrected chi connectivity index (χ4v) is 3.76. The van der Waals surface area contributed by atoms with Gasteiger partial charge in [0.25, 0.3) is 5.56 Å². The Hall–Kier alpha value is -3.26. The van der Waals surface area contributed by atoms with Gasteiger partial charge in [0.15, 0.2) is 5.82 Å². The molecular weight excluding hydrogens is 364 g/mol. The molecule has 4 aromatic rings. The van der Waals surface area contributed by atoms with Crippen molar-refractivity contribution in [2.75, 3.05) is 31.1 Å². The third-order valence-corrected chi connectivity index (χ3v) is 5.13. The molecule has 0 bridgehead atoms. The second-order valence-corrected chi connectivity index (χ2v) is 6.79. The van der Waals surface area contributed by atoms with E-state index in [9.17, 15) is 9.18 Å². The molecule has 0 spiro atoms. The Morgan fingerprint density at radius 1 is 1.04 bits per heavy atom. The SMILES string of the molecule is O=c1c2cnc3c(F)c(N4CCNCC4)c(F)cc3c2[nH]n1-c1ccccc1. The maximum absolute atomic E-state index is 15.2. The van der Waals surface area contributed by atoms with Crippen LogP contribution in [0.2, 0.25) is 0 Å². The van der Waals surface area contributed by atoms with Gasteiger partial charge in [0.2, 0.25) is 0 Å². The van der Waals surface area contributed by atoms with Crippen LogP contribution in [0.15, 0.2) is 47.4 Å². The minimum atomic E-state index is -0.702. The van der Waals surface area contributed by atoms with Gasteiger partial charge in [-0.1, -0.05) is 18.2 Å². The third-order valence-electron chi connectivity index (χ3n) is 5.13. The van der Waals surface area contributed by atoms with Gasteiger partial charge in [0, 0.05) is 37.8 Å². The molecule has 2 aromatic carbocycles. The fourth-order valence-electron chi connectivity index (χ4n) is 3.76. The quantitative estimate of drug-likeness (QED) is 0.560. The fraction of sp³-hybridized carbons (Fsp3) is 0.200. The van der Waals surface area contributed by atoms with Crippen LogP contribution in [-0.2, 0) is 0 Å². The first-order chi connectivity index (χ1) is 13.6. The summed E-state index contributed by atoms with van der Waals surface area (Å²) in [6.07, 6.45) is 1.35. The second kappa shape index (κ2) is 6.42. The predicted molar refractivity (Wildman–Crippen MR) is 104 cm³/mol. The number of aromatic nitrogens is 3. The summed E-state index contributed by atoms with van der Waals surface area (Å²) in [6, 6.07) is 10.3. The Bertz CT molecular complexity index is 1240. The maximum Gasteiger partial charge on any atom is 0.280 e. The number of halogens is 2. The van der Waals surface area contributed by atoms with Crippen LogP contribution < -0.4 is 15.8 Å². The molecule has 8 heteroatoms. The first-order valence-corrected chi connectivity index (χ1v) is 9.07. The number of H-pyrrole nitrogens is 1. The number of pyridine rings is 1. The number of aromatic amines is 1. The summed E-state index contributed by atoms with van der Waals surface area (Å²) in [5, 5.41) is 6.68. The van der Waals surface area contributed by atoms with E-state index in [1.165, 1.54) is 16.9 Å². The molecule has 2 aromatic heterocycles. The largest absolute Gasteiger partial charge is 0.364 e. The zero-order chi connectivity index (χ0) is 19.3. The Balaban J connectivity index is 1.76. The number of nitrogens with zero attached hydrogens (tertiary/aromatic N) is 3. The van der Waals surface area contributed by atoms with E-state index >= 15 is 4.39 Å². The van der Waals surface area contributed by atoms with Crippen molar-refractivity contribution in [3.63, 3.8) is 0 Å². The van der Waals surface area contributed by atoms with Crippen LogP contribution in [0.4, 0.5) is 14.5 Å². The van der Waals surface area contributed by atoms with Crippen molar-refractivity contribution in [3.05, 3.63) is 64.6 Å². The molecule has 2 N–H and O–H groups in total. The molecule has 0 radical (unpaired) electrons.